The topological polar surface area (TPSA) is 61.4 Å². The summed E-state index contributed by atoms with van der Waals surface area (Å²) in [6, 6.07) is 3.55. The summed E-state index contributed by atoms with van der Waals surface area (Å²) in [5.74, 6) is 0.0877. The molecular weight excluding hydrogens is 216 g/mol. The largest absolute Gasteiger partial charge is 0.505 e. The molecule has 0 aromatic heterocycles. The molecule has 4 nitrogen and oxygen atoms in total. The molecule has 1 aliphatic rings. The molecular formula is C13H18N2O2. The van der Waals surface area contributed by atoms with E-state index < -0.39 is 0 Å². The van der Waals surface area contributed by atoms with Crippen molar-refractivity contribution in [3.63, 3.8) is 0 Å². The van der Waals surface area contributed by atoms with Gasteiger partial charge in [-0.05, 0) is 50.4 Å². The number of hydrogen-bond donors (Lipinski definition) is 3. The Morgan fingerprint density at radius 3 is 2.88 bits per heavy atom. The number of amides is 1. The molecule has 1 aliphatic heterocycles. The van der Waals surface area contributed by atoms with Crippen LogP contribution in [0.5, 0.6) is 5.75 Å². The molecule has 3 N–H and O–H groups in total. The third-order valence-electron chi connectivity index (χ3n) is 3.08. The zero-order valence-electron chi connectivity index (χ0n) is 10.2. The fourth-order valence-electron chi connectivity index (χ4n) is 2.18. The molecule has 92 valence electrons. The minimum Gasteiger partial charge on any atom is -0.505 e. The van der Waals surface area contributed by atoms with E-state index in [0.717, 1.165) is 30.5 Å². The van der Waals surface area contributed by atoms with Gasteiger partial charge in [0.15, 0.2) is 0 Å². The summed E-state index contributed by atoms with van der Waals surface area (Å²) in [5, 5.41) is 15.8. The van der Waals surface area contributed by atoms with E-state index in [-0.39, 0.29) is 17.7 Å². The van der Waals surface area contributed by atoms with Gasteiger partial charge in [-0.15, -0.1) is 0 Å². The molecule has 1 atom stereocenters. The average molecular weight is 234 g/mol. The Bertz CT molecular complexity index is 437. The third-order valence-corrected chi connectivity index (χ3v) is 3.08. The third kappa shape index (κ3) is 2.58. The van der Waals surface area contributed by atoms with Crippen molar-refractivity contribution in [3.8, 4) is 5.75 Å². The van der Waals surface area contributed by atoms with Crippen molar-refractivity contribution in [3.05, 3.63) is 23.3 Å². The summed E-state index contributed by atoms with van der Waals surface area (Å²) < 4.78 is 0. The van der Waals surface area contributed by atoms with Crippen LogP contribution in [0, 0.1) is 13.8 Å². The van der Waals surface area contributed by atoms with Crippen LogP contribution in [-0.2, 0) is 4.79 Å². The maximum Gasteiger partial charge on any atom is 0.241 e. The number of carbonyl (C=O) groups excluding carboxylic acids is 1. The monoisotopic (exact) mass is 234 g/mol. The molecule has 1 fully saturated rings. The van der Waals surface area contributed by atoms with Crippen molar-refractivity contribution >= 4 is 11.6 Å². The van der Waals surface area contributed by atoms with E-state index in [1.54, 1.807) is 6.07 Å². The summed E-state index contributed by atoms with van der Waals surface area (Å²) in [4.78, 5) is 11.9. The van der Waals surface area contributed by atoms with Crippen LogP contribution in [-0.4, -0.2) is 23.6 Å². The summed E-state index contributed by atoms with van der Waals surface area (Å²) >= 11 is 0. The van der Waals surface area contributed by atoms with Crippen LogP contribution < -0.4 is 10.6 Å². The fourth-order valence-corrected chi connectivity index (χ4v) is 2.18. The van der Waals surface area contributed by atoms with Crippen LogP contribution in [0.4, 0.5) is 5.69 Å². The Labute approximate surface area is 101 Å². The summed E-state index contributed by atoms with van der Waals surface area (Å²) in [5.41, 5.74) is 2.30. The zero-order chi connectivity index (χ0) is 12.4. The van der Waals surface area contributed by atoms with Gasteiger partial charge in [0.2, 0.25) is 5.91 Å². The molecule has 1 aromatic carbocycles. The first-order chi connectivity index (χ1) is 8.08. The summed E-state index contributed by atoms with van der Waals surface area (Å²) in [6.45, 7) is 4.65. The lowest BCUT2D eigenvalue weighted by Crippen LogP contribution is -2.35. The van der Waals surface area contributed by atoms with E-state index in [4.69, 9.17) is 0 Å². The zero-order valence-corrected chi connectivity index (χ0v) is 10.2. The van der Waals surface area contributed by atoms with Gasteiger partial charge >= 0.3 is 0 Å². The van der Waals surface area contributed by atoms with E-state index in [0.29, 0.717) is 5.69 Å². The fraction of sp³-hybridized carbons (Fsp3) is 0.462. The van der Waals surface area contributed by atoms with Crippen molar-refractivity contribution in [2.75, 3.05) is 11.9 Å². The second kappa shape index (κ2) is 4.75. The van der Waals surface area contributed by atoms with Gasteiger partial charge in [0.1, 0.15) is 5.75 Å². The minimum absolute atomic E-state index is 0.0669. The Balaban J connectivity index is 2.15. The number of anilines is 1. The molecule has 0 spiro atoms. The van der Waals surface area contributed by atoms with Gasteiger partial charge in [-0.3, -0.25) is 4.79 Å². The molecule has 0 bridgehead atoms. The number of aryl methyl sites for hydroxylation is 2. The summed E-state index contributed by atoms with van der Waals surface area (Å²) in [7, 11) is 0. The van der Waals surface area contributed by atoms with Gasteiger partial charge in [0.05, 0.1) is 11.7 Å². The van der Waals surface area contributed by atoms with Crippen LogP contribution in [0.25, 0.3) is 0 Å². The number of hydrogen-bond acceptors (Lipinski definition) is 3. The molecule has 0 radical (unpaired) electrons. The van der Waals surface area contributed by atoms with Crippen LogP contribution in [0.3, 0.4) is 0 Å². The highest BCUT2D eigenvalue weighted by molar-refractivity contribution is 5.96. The number of rotatable bonds is 2. The summed E-state index contributed by atoms with van der Waals surface area (Å²) in [6.07, 6.45) is 1.88. The highest BCUT2D eigenvalue weighted by Crippen LogP contribution is 2.28. The quantitative estimate of drug-likeness (QED) is 0.682. The molecule has 1 saturated heterocycles. The SMILES string of the molecule is Cc1cc(C)c(O)c(NC(=O)[C@@H]2CCCN2)c1. The van der Waals surface area contributed by atoms with E-state index in [2.05, 4.69) is 10.6 Å². The number of phenolic OH excluding ortho intramolecular Hbond substituents is 1. The van der Waals surface area contributed by atoms with Gasteiger partial charge < -0.3 is 15.7 Å². The number of phenols is 1. The van der Waals surface area contributed by atoms with Gasteiger partial charge in [-0.25, -0.2) is 0 Å². The molecule has 0 saturated carbocycles. The normalized spacial score (nSPS) is 19.3. The molecule has 0 aliphatic carbocycles. The lowest BCUT2D eigenvalue weighted by Gasteiger charge is -2.14. The lowest BCUT2D eigenvalue weighted by atomic mass is 10.1. The van der Waals surface area contributed by atoms with Crippen LogP contribution in [0.2, 0.25) is 0 Å². The standard InChI is InChI=1S/C13H18N2O2/c1-8-6-9(2)12(16)11(7-8)15-13(17)10-4-3-5-14-10/h6-7,10,14,16H,3-5H2,1-2H3,(H,15,17)/t10-/m0/s1. The van der Waals surface area contributed by atoms with Crippen molar-refractivity contribution in [1.82, 2.24) is 5.32 Å². The Morgan fingerprint density at radius 1 is 1.47 bits per heavy atom. The molecule has 0 unspecified atom stereocenters. The molecule has 4 heteroatoms. The average Bonchev–Trinajstić information content (AvgIpc) is 2.78. The number of nitrogens with one attached hydrogen (secondary N) is 2. The first-order valence-corrected chi connectivity index (χ1v) is 5.92. The molecule has 1 amide bonds. The molecule has 2 rings (SSSR count). The Hall–Kier alpha value is -1.55. The number of aromatic hydroxyl groups is 1. The first-order valence-electron chi connectivity index (χ1n) is 5.92. The van der Waals surface area contributed by atoms with Crippen molar-refractivity contribution < 1.29 is 9.90 Å². The van der Waals surface area contributed by atoms with E-state index >= 15 is 0 Å². The van der Waals surface area contributed by atoms with Crippen LogP contribution >= 0.6 is 0 Å². The van der Waals surface area contributed by atoms with Gasteiger partial charge in [0.25, 0.3) is 0 Å². The van der Waals surface area contributed by atoms with Gasteiger partial charge in [-0.1, -0.05) is 6.07 Å². The van der Waals surface area contributed by atoms with Crippen molar-refractivity contribution in [2.24, 2.45) is 0 Å². The minimum atomic E-state index is -0.129. The van der Waals surface area contributed by atoms with Crippen molar-refractivity contribution in [1.29, 1.82) is 0 Å². The second-order valence-corrected chi connectivity index (χ2v) is 4.62. The smallest absolute Gasteiger partial charge is 0.241 e. The molecule has 1 heterocycles. The predicted octanol–water partition coefficient (Wildman–Crippen LogP) is 1.70. The molecule has 1 aromatic rings. The van der Waals surface area contributed by atoms with E-state index in [9.17, 15) is 9.90 Å². The van der Waals surface area contributed by atoms with E-state index in [1.165, 1.54) is 0 Å². The Kier molecular flexibility index (Phi) is 3.33. The highest BCUT2D eigenvalue weighted by atomic mass is 16.3. The van der Waals surface area contributed by atoms with Crippen LogP contribution in [0.1, 0.15) is 24.0 Å². The molecule has 17 heavy (non-hydrogen) atoms. The highest BCUT2D eigenvalue weighted by Gasteiger charge is 2.22. The first kappa shape index (κ1) is 11.9. The number of carbonyl (C=O) groups is 1. The van der Waals surface area contributed by atoms with E-state index in [1.807, 2.05) is 19.9 Å². The maximum absolute atomic E-state index is 11.9. The maximum atomic E-state index is 11.9. The Morgan fingerprint density at radius 2 is 2.24 bits per heavy atom. The second-order valence-electron chi connectivity index (χ2n) is 4.62. The predicted molar refractivity (Wildman–Crippen MR) is 67.2 cm³/mol. The van der Waals surface area contributed by atoms with Gasteiger partial charge in [0, 0.05) is 0 Å². The van der Waals surface area contributed by atoms with Crippen molar-refractivity contribution in [2.45, 2.75) is 32.7 Å². The number of benzene rings is 1. The lowest BCUT2D eigenvalue weighted by molar-refractivity contribution is -0.117. The van der Waals surface area contributed by atoms with Gasteiger partial charge in [-0.2, -0.15) is 0 Å². The van der Waals surface area contributed by atoms with Crippen LogP contribution in [0.15, 0.2) is 12.1 Å².